The molecule has 1 saturated heterocycles. The van der Waals surface area contributed by atoms with Gasteiger partial charge in [-0.25, -0.2) is 4.79 Å². The van der Waals surface area contributed by atoms with Crippen molar-refractivity contribution in [3.8, 4) is 0 Å². The number of likely N-dealkylation sites (tertiary alicyclic amines) is 1. The molecule has 0 bridgehead atoms. The van der Waals surface area contributed by atoms with Gasteiger partial charge in [-0.3, -0.25) is 19.8 Å². The molecule has 7 heteroatoms. The minimum absolute atomic E-state index is 0.170. The number of nitrogens with zero attached hydrogens (tertiary/aromatic N) is 1. The Hall–Kier alpha value is -1.63. The number of hydrogen-bond acceptors (Lipinski definition) is 4. The topological polar surface area (TPSA) is 98.7 Å². The molecule has 0 saturated carbocycles. The monoisotopic (exact) mass is 271 g/mol. The van der Waals surface area contributed by atoms with Crippen molar-refractivity contribution in [1.29, 1.82) is 0 Å². The highest BCUT2D eigenvalue weighted by Gasteiger charge is 2.24. The molecule has 1 heterocycles. The van der Waals surface area contributed by atoms with E-state index in [-0.39, 0.29) is 18.9 Å². The number of carboxylic acids is 1. The van der Waals surface area contributed by atoms with Gasteiger partial charge in [0.15, 0.2) is 0 Å². The van der Waals surface area contributed by atoms with Crippen LogP contribution in [0.5, 0.6) is 0 Å². The molecule has 1 aliphatic heterocycles. The van der Waals surface area contributed by atoms with E-state index in [1.54, 1.807) is 6.92 Å². The molecule has 3 N–H and O–H groups in total. The standard InChI is InChI=1S/C12H21N3O4/c1-2-13-12(19)14-10(16)8-15-6-5-9(7-15)3-4-11(17)18/h9H,2-8H2,1H3,(H,17,18)(H2,13,14,16,19). The highest BCUT2D eigenvalue weighted by atomic mass is 16.4. The van der Waals surface area contributed by atoms with Crippen molar-refractivity contribution in [2.75, 3.05) is 26.2 Å². The van der Waals surface area contributed by atoms with E-state index in [4.69, 9.17) is 5.11 Å². The van der Waals surface area contributed by atoms with Gasteiger partial charge < -0.3 is 10.4 Å². The van der Waals surface area contributed by atoms with Crippen molar-refractivity contribution in [2.45, 2.75) is 26.2 Å². The largest absolute Gasteiger partial charge is 0.481 e. The second-order valence-electron chi connectivity index (χ2n) is 4.73. The third kappa shape index (κ3) is 6.19. The van der Waals surface area contributed by atoms with Gasteiger partial charge in [0.2, 0.25) is 5.91 Å². The van der Waals surface area contributed by atoms with Crippen LogP contribution in [0.15, 0.2) is 0 Å². The number of nitrogens with one attached hydrogen (secondary N) is 2. The highest BCUT2D eigenvalue weighted by Crippen LogP contribution is 2.20. The Bertz CT molecular complexity index is 346. The van der Waals surface area contributed by atoms with Crippen LogP contribution in [0.25, 0.3) is 0 Å². The first kappa shape index (κ1) is 15.4. The number of imide groups is 1. The second-order valence-corrected chi connectivity index (χ2v) is 4.73. The van der Waals surface area contributed by atoms with E-state index in [1.807, 2.05) is 4.90 Å². The molecule has 19 heavy (non-hydrogen) atoms. The molecule has 0 aliphatic carbocycles. The van der Waals surface area contributed by atoms with Crippen LogP contribution in [0, 0.1) is 5.92 Å². The van der Waals surface area contributed by atoms with E-state index in [2.05, 4.69) is 10.6 Å². The van der Waals surface area contributed by atoms with Crippen molar-refractivity contribution in [3.63, 3.8) is 0 Å². The fourth-order valence-corrected chi connectivity index (χ4v) is 2.19. The summed E-state index contributed by atoms with van der Waals surface area (Å²) in [6.07, 6.45) is 1.72. The normalized spacial score (nSPS) is 19.1. The molecule has 0 aromatic rings. The van der Waals surface area contributed by atoms with Crippen LogP contribution in [-0.2, 0) is 9.59 Å². The number of carboxylic acid groups (broad SMARTS) is 1. The maximum atomic E-state index is 11.5. The maximum Gasteiger partial charge on any atom is 0.321 e. The Morgan fingerprint density at radius 2 is 2.11 bits per heavy atom. The Morgan fingerprint density at radius 1 is 1.37 bits per heavy atom. The van der Waals surface area contributed by atoms with Gasteiger partial charge in [-0.2, -0.15) is 0 Å². The quantitative estimate of drug-likeness (QED) is 0.632. The predicted molar refractivity (Wildman–Crippen MR) is 68.6 cm³/mol. The number of carbonyl (C=O) groups is 3. The smallest absolute Gasteiger partial charge is 0.321 e. The third-order valence-corrected chi connectivity index (χ3v) is 3.09. The fraction of sp³-hybridized carbons (Fsp3) is 0.750. The van der Waals surface area contributed by atoms with E-state index in [0.717, 1.165) is 19.5 Å². The molecule has 1 rings (SSSR count). The van der Waals surface area contributed by atoms with Crippen LogP contribution in [0.4, 0.5) is 4.79 Å². The van der Waals surface area contributed by atoms with Gasteiger partial charge in [-0.1, -0.05) is 0 Å². The molecular formula is C12H21N3O4. The lowest BCUT2D eigenvalue weighted by molar-refractivity contribution is -0.137. The van der Waals surface area contributed by atoms with Gasteiger partial charge in [0.25, 0.3) is 0 Å². The van der Waals surface area contributed by atoms with Gasteiger partial charge in [0.1, 0.15) is 0 Å². The lowest BCUT2D eigenvalue weighted by Crippen LogP contribution is -2.44. The zero-order chi connectivity index (χ0) is 14.3. The third-order valence-electron chi connectivity index (χ3n) is 3.09. The van der Waals surface area contributed by atoms with Gasteiger partial charge in [0.05, 0.1) is 6.54 Å². The van der Waals surface area contributed by atoms with Crippen LogP contribution < -0.4 is 10.6 Å². The van der Waals surface area contributed by atoms with Crippen molar-refractivity contribution in [1.82, 2.24) is 15.5 Å². The fourth-order valence-electron chi connectivity index (χ4n) is 2.19. The number of rotatable bonds is 6. The molecule has 1 aliphatic rings. The Balaban J connectivity index is 2.22. The van der Waals surface area contributed by atoms with Crippen LogP contribution in [0.1, 0.15) is 26.2 Å². The van der Waals surface area contributed by atoms with Crippen molar-refractivity contribution in [3.05, 3.63) is 0 Å². The van der Waals surface area contributed by atoms with E-state index >= 15 is 0 Å². The number of aliphatic carboxylic acids is 1. The summed E-state index contributed by atoms with van der Waals surface area (Å²) >= 11 is 0. The lowest BCUT2D eigenvalue weighted by atomic mass is 10.0. The average molecular weight is 271 g/mol. The van der Waals surface area contributed by atoms with Gasteiger partial charge in [0, 0.05) is 19.5 Å². The number of hydrogen-bond donors (Lipinski definition) is 3. The van der Waals surface area contributed by atoms with Crippen LogP contribution in [0.2, 0.25) is 0 Å². The first-order valence-electron chi connectivity index (χ1n) is 6.53. The van der Waals surface area contributed by atoms with Gasteiger partial charge in [-0.15, -0.1) is 0 Å². The summed E-state index contributed by atoms with van der Waals surface area (Å²) in [5.74, 6) is -0.786. The Labute approximate surface area is 112 Å². The number of urea groups is 1. The minimum atomic E-state index is -0.785. The number of amides is 3. The second kappa shape index (κ2) is 7.73. The van der Waals surface area contributed by atoms with Crippen molar-refractivity contribution >= 4 is 17.9 Å². The molecule has 1 unspecified atom stereocenters. The summed E-state index contributed by atoms with van der Waals surface area (Å²) in [7, 11) is 0. The summed E-state index contributed by atoms with van der Waals surface area (Å²) in [6.45, 7) is 3.92. The molecular weight excluding hydrogens is 250 g/mol. The minimum Gasteiger partial charge on any atom is -0.481 e. The van der Waals surface area contributed by atoms with Crippen LogP contribution >= 0.6 is 0 Å². The first-order chi connectivity index (χ1) is 9.01. The summed E-state index contributed by atoms with van der Waals surface area (Å²) in [6, 6.07) is -0.478. The Morgan fingerprint density at radius 3 is 2.74 bits per heavy atom. The van der Waals surface area contributed by atoms with E-state index in [9.17, 15) is 14.4 Å². The predicted octanol–water partition coefficient (Wildman–Crippen LogP) is 0.0188. The molecule has 1 fully saturated rings. The molecule has 0 aromatic heterocycles. The summed E-state index contributed by atoms with van der Waals surface area (Å²) in [4.78, 5) is 35.1. The number of carbonyl (C=O) groups excluding carboxylic acids is 2. The molecule has 1 atom stereocenters. The first-order valence-corrected chi connectivity index (χ1v) is 6.53. The van der Waals surface area contributed by atoms with Crippen molar-refractivity contribution in [2.24, 2.45) is 5.92 Å². The highest BCUT2D eigenvalue weighted by molar-refractivity contribution is 5.95. The van der Waals surface area contributed by atoms with Gasteiger partial charge in [-0.05, 0) is 32.2 Å². The van der Waals surface area contributed by atoms with Gasteiger partial charge >= 0.3 is 12.0 Å². The van der Waals surface area contributed by atoms with E-state index < -0.39 is 12.0 Å². The zero-order valence-corrected chi connectivity index (χ0v) is 11.1. The average Bonchev–Trinajstić information content (AvgIpc) is 2.74. The zero-order valence-electron chi connectivity index (χ0n) is 11.1. The van der Waals surface area contributed by atoms with Crippen LogP contribution in [0.3, 0.4) is 0 Å². The SMILES string of the molecule is CCNC(=O)NC(=O)CN1CCC(CCC(=O)O)C1. The lowest BCUT2D eigenvalue weighted by Gasteiger charge is -2.15. The summed E-state index contributed by atoms with van der Waals surface area (Å²) in [5, 5.41) is 13.3. The molecule has 0 radical (unpaired) electrons. The molecule has 108 valence electrons. The molecule has 0 spiro atoms. The molecule has 7 nitrogen and oxygen atoms in total. The molecule has 3 amide bonds. The maximum absolute atomic E-state index is 11.5. The van der Waals surface area contributed by atoms with Crippen LogP contribution in [-0.4, -0.2) is 54.1 Å². The van der Waals surface area contributed by atoms with Crippen molar-refractivity contribution < 1.29 is 19.5 Å². The summed E-state index contributed by atoms with van der Waals surface area (Å²) < 4.78 is 0. The van der Waals surface area contributed by atoms with E-state index in [1.165, 1.54) is 0 Å². The molecule has 0 aromatic carbocycles. The summed E-state index contributed by atoms with van der Waals surface area (Å²) in [5.41, 5.74) is 0. The Kier molecular flexibility index (Phi) is 6.27. The van der Waals surface area contributed by atoms with E-state index in [0.29, 0.717) is 18.9 Å².